The molecule has 0 aliphatic rings. The number of amidine groups is 1. The van der Waals surface area contributed by atoms with Gasteiger partial charge in [0.1, 0.15) is 0 Å². The molecule has 0 radical (unpaired) electrons. The Hall–Kier alpha value is -2.03. The normalized spacial score (nSPS) is 13.1. The highest BCUT2D eigenvalue weighted by molar-refractivity contribution is 7.98. The molecule has 0 saturated heterocycles. The molecule has 1 aromatic rings. The number of hydrogen-bond donors (Lipinski definition) is 2. The highest BCUT2D eigenvalue weighted by atomic mass is 32.2. The van der Waals surface area contributed by atoms with Crippen molar-refractivity contribution in [2.75, 3.05) is 24.0 Å². The minimum Gasteiger partial charge on any atom is -0.409 e. The highest BCUT2D eigenvalue weighted by Crippen LogP contribution is 2.27. The topological polar surface area (TPSA) is 118 Å². The van der Waals surface area contributed by atoms with Crippen molar-refractivity contribution in [2.45, 2.75) is 13.0 Å². The van der Waals surface area contributed by atoms with Crippen molar-refractivity contribution in [1.82, 2.24) is 4.98 Å². The lowest BCUT2D eigenvalue weighted by atomic mass is 10.2. The van der Waals surface area contributed by atoms with E-state index in [0.717, 1.165) is 5.75 Å². The zero-order valence-corrected chi connectivity index (χ0v) is 12.3. The molecule has 8 nitrogen and oxygen atoms in total. The predicted octanol–water partition coefficient (Wildman–Crippen LogP) is 1.27. The SMILES string of the molecule is CSCC(C)N(C)c1ncc(C(N)=NO)cc1[N+](=O)[O-]. The van der Waals surface area contributed by atoms with Crippen molar-refractivity contribution in [3.63, 3.8) is 0 Å². The van der Waals surface area contributed by atoms with Gasteiger partial charge in [0.25, 0.3) is 0 Å². The van der Waals surface area contributed by atoms with Gasteiger partial charge in [-0.25, -0.2) is 4.98 Å². The molecule has 0 saturated carbocycles. The van der Waals surface area contributed by atoms with Gasteiger partial charge in [-0.05, 0) is 13.2 Å². The number of aromatic nitrogens is 1. The van der Waals surface area contributed by atoms with Gasteiger partial charge >= 0.3 is 5.69 Å². The van der Waals surface area contributed by atoms with Crippen molar-refractivity contribution in [2.24, 2.45) is 10.9 Å². The lowest BCUT2D eigenvalue weighted by Crippen LogP contribution is -2.32. The Kier molecular flexibility index (Phi) is 5.56. The number of hydrogen-bond acceptors (Lipinski definition) is 7. The van der Waals surface area contributed by atoms with E-state index in [1.165, 1.54) is 12.3 Å². The molecule has 0 aliphatic carbocycles. The van der Waals surface area contributed by atoms with Gasteiger partial charge in [0.05, 0.1) is 4.92 Å². The predicted molar refractivity (Wildman–Crippen MR) is 79.6 cm³/mol. The summed E-state index contributed by atoms with van der Waals surface area (Å²) in [5, 5.41) is 22.6. The Morgan fingerprint density at radius 1 is 1.75 bits per heavy atom. The fourth-order valence-corrected chi connectivity index (χ4v) is 2.32. The van der Waals surface area contributed by atoms with Crippen LogP contribution < -0.4 is 10.6 Å². The number of nitrogens with zero attached hydrogens (tertiary/aromatic N) is 4. The van der Waals surface area contributed by atoms with Crippen LogP contribution in [0.4, 0.5) is 11.5 Å². The first kappa shape index (κ1) is 16.0. The van der Waals surface area contributed by atoms with Gasteiger partial charge in [-0.2, -0.15) is 11.8 Å². The van der Waals surface area contributed by atoms with Gasteiger partial charge in [0.2, 0.25) is 5.82 Å². The molecule has 1 heterocycles. The first-order chi connectivity index (χ1) is 9.42. The summed E-state index contributed by atoms with van der Waals surface area (Å²) in [6, 6.07) is 1.34. The second-order valence-electron chi connectivity index (χ2n) is 4.22. The zero-order valence-electron chi connectivity index (χ0n) is 11.5. The Morgan fingerprint density at radius 2 is 2.40 bits per heavy atom. The number of nitro groups is 1. The molecule has 0 amide bonds. The van der Waals surface area contributed by atoms with Crippen LogP contribution in [0, 0.1) is 10.1 Å². The molecule has 110 valence electrons. The molecule has 1 rings (SSSR count). The maximum absolute atomic E-state index is 11.2. The molecule has 20 heavy (non-hydrogen) atoms. The lowest BCUT2D eigenvalue weighted by molar-refractivity contribution is -0.384. The van der Waals surface area contributed by atoms with Crippen molar-refractivity contribution in [3.8, 4) is 0 Å². The summed E-state index contributed by atoms with van der Waals surface area (Å²) in [4.78, 5) is 16.4. The smallest absolute Gasteiger partial charge is 0.312 e. The molecular weight excluding hydrogens is 282 g/mol. The molecular formula is C11H17N5O3S. The van der Waals surface area contributed by atoms with Crippen LogP contribution in [0.1, 0.15) is 12.5 Å². The second kappa shape index (κ2) is 6.94. The van der Waals surface area contributed by atoms with Gasteiger partial charge in [0, 0.05) is 36.7 Å². The first-order valence-electron chi connectivity index (χ1n) is 5.76. The molecule has 9 heteroatoms. The average Bonchev–Trinajstić information content (AvgIpc) is 2.45. The number of rotatable bonds is 6. The second-order valence-corrected chi connectivity index (χ2v) is 5.14. The van der Waals surface area contributed by atoms with Crippen LogP contribution in [0.2, 0.25) is 0 Å². The van der Waals surface area contributed by atoms with E-state index < -0.39 is 4.92 Å². The molecule has 1 unspecified atom stereocenters. The highest BCUT2D eigenvalue weighted by Gasteiger charge is 2.23. The number of thioether (sulfide) groups is 1. The quantitative estimate of drug-likeness (QED) is 0.267. The van der Waals surface area contributed by atoms with Crippen LogP contribution >= 0.6 is 11.8 Å². The molecule has 1 aromatic heterocycles. The van der Waals surface area contributed by atoms with Crippen molar-refractivity contribution in [3.05, 3.63) is 27.9 Å². The molecule has 0 aromatic carbocycles. The van der Waals surface area contributed by atoms with Crippen LogP contribution in [0.5, 0.6) is 0 Å². The minimum atomic E-state index is -0.529. The monoisotopic (exact) mass is 299 g/mol. The lowest BCUT2D eigenvalue weighted by Gasteiger charge is -2.25. The molecule has 0 fully saturated rings. The van der Waals surface area contributed by atoms with Crippen LogP contribution in [0.15, 0.2) is 17.4 Å². The fourth-order valence-electron chi connectivity index (χ4n) is 1.61. The summed E-state index contributed by atoms with van der Waals surface area (Å²) in [7, 11) is 1.75. The third-order valence-corrected chi connectivity index (χ3v) is 3.67. The first-order valence-corrected chi connectivity index (χ1v) is 7.15. The Bertz CT molecular complexity index is 523. The summed E-state index contributed by atoms with van der Waals surface area (Å²) in [5.74, 6) is 0.857. The standard InChI is InChI=1S/C11H17N5O3S/c1-7(6-20-3)15(2)11-9(16(18)19)4-8(5-13-11)10(12)14-17/h4-5,7,17H,6H2,1-3H3,(H2,12,14). The fraction of sp³-hybridized carbons (Fsp3) is 0.455. The Labute approximate surface area is 120 Å². The van der Waals surface area contributed by atoms with E-state index in [4.69, 9.17) is 10.9 Å². The number of nitrogens with two attached hydrogens (primary N) is 1. The summed E-state index contributed by atoms with van der Waals surface area (Å²) in [6.07, 6.45) is 3.31. The largest absolute Gasteiger partial charge is 0.409 e. The van der Waals surface area contributed by atoms with Crippen LogP contribution in [0.25, 0.3) is 0 Å². The molecule has 1 atom stereocenters. The van der Waals surface area contributed by atoms with Crippen molar-refractivity contribution < 1.29 is 10.1 Å². The Balaban J connectivity index is 3.23. The van der Waals surface area contributed by atoms with Crippen LogP contribution in [-0.4, -0.2) is 46.0 Å². The van der Waals surface area contributed by atoms with E-state index >= 15 is 0 Å². The van der Waals surface area contributed by atoms with Gasteiger partial charge in [-0.15, -0.1) is 0 Å². The summed E-state index contributed by atoms with van der Waals surface area (Å²) < 4.78 is 0. The van der Waals surface area contributed by atoms with Crippen molar-refractivity contribution in [1.29, 1.82) is 0 Å². The van der Waals surface area contributed by atoms with Gasteiger partial charge in [0.15, 0.2) is 5.84 Å². The van der Waals surface area contributed by atoms with E-state index in [1.807, 2.05) is 13.2 Å². The molecule has 0 bridgehead atoms. The van der Waals surface area contributed by atoms with Gasteiger partial charge in [-0.1, -0.05) is 5.16 Å². The third kappa shape index (κ3) is 3.50. The summed E-state index contributed by atoms with van der Waals surface area (Å²) >= 11 is 1.65. The number of oxime groups is 1. The molecule has 3 N–H and O–H groups in total. The third-order valence-electron chi connectivity index (χ3n) is 2.85. The average molecular weight is 299 g/mol. The number of anilines is 1. The summed E-state index contributed by atoms with van der Waals surface area (Å²) in [5.41, 5.74) is 5.44. The van der Waals surface area contributed by atoms with E-state index in [9.17, 15) is 10.1 Å². The maximum Gasteiger partial charge on any atom is 0.312 e. The van der Waals surface area contributed by atoms with Gasteiger partial charge in [-0.3, -0.25) is 10.1 Å². The minimum absolute atomic E-state index is 0.0888. The zero-order chi connectivity index (χ0) is 15.3. The van der Waals surface area contributed by atoms with Crippen molar-refractivity contribution >= 4 is 29.1 Å². The number of pyridine rings is 1. The van der Waals surface area contributed by atoms with Gasteiger partial charge < -0.3 is 15.8 Å². The summed E-state index contributed by atoms with van der Waals surface area (Å²) in [6.45, 7) is 1.96. The van der Waals surface area contributed by atoms with Crippen LogP contribution in [-0.2, 0) is 0 Å². The van der Waals surface area contributed by atoms with E-state index in [1.54, 1.807) is 23.7 Å². The van der Waals surface area contributed by atoms with E-state index in [0.29, 0.717) is 0 Å². The Morgan fingerprint density at radius 3 is 2.90 bits per heavy atom. The molecule has 0 aliphatic heterocycles. The molecule has 0 spiro atoms. The van der Waals surface area contributed by atoms with E-state index in [-0.39, 0.29) is 28.9 Å². The van der Waals surface area contributed by atoms with Crippen LogP contribution in [0.3, 0.4) is 0 Å². The maximum atomic E-state index is 11.2. The van der Waals surface area contributed by atoms with E-state index in [2.05, 4.69) is 10.1 Å².